The Hall–Kier alpha value is -1.09. The van der Waals surface area contributed by atoms with Crippen molar-refractivity contribution in [2.45, 2.75) is 13.1 Å². The molecule has 1 nitrogen and oxygen atoms in total. The third-order valence-corrected chi connectivity index (χ3v) is 3.15. The summed E-state index contributed by atoms with van der Waals surface area (Å²) < 4.78 is 13.0. The molecule has 0 heterocycles. The lowest BCUT2D eigenvalue weighted by Crippen LogP contribution is -2.13. The van der Waals surface area contributed by atoms with E-state index in [1.54, 1.807) is 6.07 Å². The molecule has 0 aliphatic rings. The Labute approximate surface area is 116 Å². The number of benzene rings is 2. The molecule has 0 fully saturated rings. The van der Waals surface area contributed by atoms with Gasteiger partial charge in [0.2, 0.25) is 0 Å². The van der Waals surface area contributed by atoms with Gasteiger partial charge in [0.15, 0.2) is 0 Å². The molecular weight excluding hydrogens is 272 g/mol. The molecule has 0 amide bonds. The Balaban J connectivity index is 1.94. The van der Waals surface area contributed by atoms with Crippen molar-refractivity contribution in [2.24, 2.45) is 0 Å². The van der Waals surface area contributed by atoms with Crippen molar-refractivity contribution in [3.63, 3.8) is 0 Å². The van der Waals surface area contributed by atoms with Gasteiger partial charge in [-0.1, -0.05) is 35.3 Å². The van der Waals surface area contributed by atoms with Crippen molar-refractivity contribution in [1.29, 1.82) is 0 Å². The molecule has 2 aromatic carbocycles. The number of hydrogen-bond acceptors (Lipinski definition) is 1. The minimum absolute atomic E-state index is 0.279. The summed E-state index contributed by atoms with van der Waals surface area (Å²) in [6.45, 7) is 1.18. The summed E-state index contributed by atoms with van der Waals surface area (Å²) in [6, 6.07) is 11.9. The molecule has 18 heavy (non-hydrogen) atoms. The number of hydrogen-bond donors (Lipinski definition) is 1. The highest BCUT2D eigenvalue weighted by molar-refractivity contribution is 6.31. The van der Waals surface area contributed by atoms with Crippen molar-refractivity contribution >= 4 is 23.2 Å². The quantitative estimate of drug-likeness (QED) is 0.876. The molecule has 0 aliphatic heterocycles. The minimum Gasteiger partial charge on any atom is -0.309 e. The maximum Gasteiger partial charge on any atom is 0.123 e. The van der Waals surface area contributed by atoms with Gasteiger partial charge in [0.05, 0.1) is 0 Å². The minimum atomic E-state index is -0.279. The number of rotatable bonds is 4. The zero-order chi connectivity index (χ0) is 13.0. The van der Waals surface area contributed by atoms with Crippen molar-refractivity contribution < 1.29 is 4.39 Å². The fourth-order valence-corrected chi connectivity index (χ4v) is 2.06. The lowest BCUT2D eigenvalue weighted by molar-refractivity contribution is 0.620. The predicted octanol–water partition coefficient (Wildman–Crippen LogP) is 4.42. The molecule has 0 radical (unpaired) electrons. The SMILES string of the molecule is Fc1ccc(Cl)c(CNCc2cccc(Cl)c2)c1. The maximum absolute atomic E-state index is 13.0. The van der Waals surface area contributed by atoms with E-state index < -0.39 is 0 Å². The molecule has 0 spiro atoms. The van der Waals surface area contributed by atoms with Gasteiger partial charge in [0, 0.05) is 23.1 Å². The number of nitrogens with one attached hydrogen (secondary N) is 1. The standard InChI is InChI=1S/C14H12Cl2FN/c15-12-3-1-2-10(6-12)8-18-9-11-7-13(17)4-5-14(11)16/h1-7,18H,8-9H2. The first-order valence-corrected chi connectivity index (χ1v) is 6.30. The van der Waals surface area contributed by atoms with E-state index in [0.717, 1.165) is 11.1 Å². The van der Waals surface area contributed by atoms with E-state index in [1.165, 1.54) is 12.1 Å². The topological polar surface area (TPSA) is 12.0 Å². The second-order valence-electron chi connectivity index (χ2n) is 3.97. The van der Waals surface area contributed by atoms with Crippen LogP contribution in [0.25, 0.3) is 0 Å². The Morgan fingerprint density at radius 1 is 1.00 bits per heavy atom. The summed E-state index contributed by atoms with van der Waals surface area (Å²) in [7, 11) is 0. The van der Waals surface area contributed by atoms with Crippen molar-refractivity contribution in [3.05, 3.63) is 69.5 Å². The van der Waals surface area contributed by atoms with Crippen LogP contribution in [0, 0.1) is 5.82 Å². The zero-order valence-corrected chi connectivity index (χ0v) is 11.1. The fraction of sp³-hybridized carbons (Fsp3) is 0.143. The average molecular weight is 284 g/mol. The van der Waals surface area contributed by atoms with Gasteiger partial charge in [-0.25, -0.2) is 4.39 Å². The second-order valence-corrected chi connectivity index (χ2v) is 4.81. The molecule has 94 valence electrons. The van der Waals surface area contributed by atoms with E-state index in [2.05, 4.69) is 5.32 Å². The monoisotopic (exact) mass is 283 g/mol. The van der Waals surface area contributed by atoms with E-state index >= 15 is 0 Å². The van der Waals surface area contributed by atoms with Crippen LogP contribution in [-0.4, -0.2) is 0 Å². The summed E-state index contributed by atoms with van der Waals surface area (Å²) in [5.74, 6) is -0.279. The first kappa shape index (κ1) is 13.3. The number of halogens is 3. The van der Waals surface area contributed by atoms with E-state index in [1.807, 2.05) is 24.3 Å². The molecule has 1 N–H and O–H groups in total. The molecular formula is C14H12Cl2FN. The van der Waals surface area contributed by atoms with Gasteiger partial charge >= 0.3 is 0 Å². The van der Waals surface area contributed by atoms with E-state index in [-0.39, 0.29) is 5.82 Å². The largest absolute Gasteiger partial charge is 0.309 e. The molecule has 4 heteroatoms. The van der Waals surface area contributed by atoms with Gasteiger partial charge in [0.1, 0.15) is 5.82 Å². The highest BCUT2D eigenvalue weighted by Gasteiger charge is 2.02. The summed E-state index contributed by atoms with van der Waals surface area (Å²) in [5.41, 5.74) is 1.83. The van der Waals surface area contributed by atoms with Gasteiger partial charge < -0.3 is 5.32 Å². The van der Waals surface area contributed by atoms with Crippen LogP contribution < -0.4 is 5.32 Å². The van der Waals surface area contributed by atoms with E-state index in [9.17, 15) is 4.39 Å². The maximum atomic E-state index is 13.0. The molecule has 0 saturated carbocycles. The van der Waals surface area contributed by atoms with Gasteiger partial charge in [-0.2, -0.15) is 0 Å². The second kappa shape index (κ2) is 6.19. The fourth-order valence-electron chi connectivity index (χ4n) is 1.67. The first-order chi connectivity index (χ1) is 8.65. The lowest BCUT2D eigenvalue weighted by Gasteiger charge is -2.07. The Bertz CT molecular complexity index is 543. The van der Waals surface area contributed by atoms with Crippen molar-refractivity contribution in [2.75, 3.05) is 0 Å². The zero-order valence-electron chi connectivity index (χ0n) is 9.59. The van der Waals surface area contributed by atoms with Crippen LogP contribution in [0.15, 0.2) is 42.5 Å². The third-order valence-electron chi connectivity index (χ3n) is 2.54. The van der Waals surface area contributed by atoms with Crippen molar-refractivity contribution in [3.8, 4) is 0 Å². The van der Waals surface area contributed by atoms with Crippen LogP contribution in [0.1, 0.15) is 11.1 Å². The Morgan fingerprint density at radius 2 is 1.83 bits per heavy atom. The average Bonchev–Trinajstić information content (AvgIpc) is 2.34. The Morgan fingerprint density at radius 3 is 2.61 bits per heavy atom. The smallest absolute Gasteiger partial charge is 0.123 e. The van der Waals surface area contributed by atoms with Gasteiger partial charge in [-0.3, -0.25) is 0 Å². The summed E-state index contributed by atoms with van der Waals surface area (Å²) in [5, 5.41) is 4.47. The summed E-state index contributed by atoms with van der Waals surface area (Å²) >= 11 is 11.9. The molecule has 2 rings (SSSR count). The molecule has 0 atom stereocenters. The van der Waals surface area contributed by atoms with Crippen LogP contribution >= 0.6 is 23.2 Å². The molecule has 0 aliphatic carbocycles. The van der Waals surface area contributed by atoms with Gasteiger partial charge in [-0.15, -0.1) is 0 Å². The van der Waals surface area contributed by atoms with Crippen LogP contribution in [0.2, 0.25) is 10.0 Å². The van der Waals surface area contributed by atoms with E-state index in [4.69, 9.17) is 23.2 Å². The lowest BCUT2D eigenvalue weighted by atomic mass is 10.2. The molecule has 0 saturated heterocycles. The molecule has 0 unspecified atom stereocenters. The highest BCUT2D eigenvalue weighted by Crippen LogP contribution is 2.17. The van der Waals surface area contributed by atoms with Gasteiger partial charge in [-0.05, 0) is 41.5 Å². The predicted molar refractivity (Wildman–Crippen MR) is 73.4 cm³/mol. The van der Waals surface area contributed by atoms with Crippen molar-refractivity contribution in [1.82, 2.24) is 5.32 Å². The first-order valence-electron chi connectivity index (χ1n) is 5.54. The normalized spacial score (nSPS) is 10.6. The summed E-state index contributed by atoms with van der Waals surface area (Å²) in [6.07, 6.45) is 0. The van der Waals surface area contributed by atoms with Crippen LogP contribution in [-0.2, 0) is 13.1 Å². The third kappa shape index (κ3) is 3.70. The molecule has 0 aromatic heterocycles. The molecule has 0 bridgehead atoms. The van der Waals surface area contributed by atoms with Crippen LogP contribution in [0.5, 0.6) is 0 Å². The van der Waals surface area contributed by atoms with E-state index in [0.29, 0.717) is 23.1 Å². The highest BCUT2D eigenvalue weighted by atomic mass is 35.5. The molecule has 2 aromatic rings. The van der Waals surface area contributed by atoms with Crippen LogP contribution in [0.3, 0.4) is 0 Å². The Kier molecular flexibility index (Phi) is 4.59. The van der Waals surface area contributed by atoms with Crippen LogP contribution in [0.4, 0.5) is 4.39 Å². The van der Waals surface area contributed by atoms with Gasteiger partial charge in [0.25, 0.3) is 0 Å². The summed E-state index contributed by atoms with van der Waals surface area (Å²) in [4.78, 5) is 0.